The molecule has 0 aromatic carbocycles. The summed E-state index contributed by atoms with van der Waals surface area (Å²) in [4.78, 5) is 16.3. The van der Waals surface area contributed by atoms with Gasteiger partial charge in [-0.15, -0.1) is 0 Å². The molecule has 10 heteroatoms. The highest BCUT2D eigenvalue weighted by Gasteiger charge is 2.64. The Kier molecular flexibility index (Phi) is 5.84. The zero-order chi connectivity index (χ0) is 22.4. The second kappa shape index (κ2) is 8.16. The lowest BCUT2D eigenvalue weighted by Gasteiger charge is -2.47. The number of amidine groups is 1. The maximum absolute atomic E-state index is 12.3. The summed E-state index contributed by atoms with van der Waals surface area (Å²) in [6.07, 6.45) is 4.53. The number of carbonyl (C=O) groups is 1. The molecule has 5 atom stereocenters. The number of nitrogens with zero attached hydrogens (tertiary/aromatic N) is 3. The molecule has 0 aromatic heterocycles. The first-order valence-corrected chi connectivity index (χ1v) is 11.0. The zero-order valence-electron chi connectivity index (χ0n) is 18.1. The van der Waals surface area contributed by atoms with E-state index >= 15 is 0 Å². The first-order valence-electron chi connectivity index (χ1n) is 11.0. The van der Waals surface area contributed by atoms with Crippen molar-refractivity contribution < 1.29 is 24.5 Å². The SMILES string of the molecule is CC1([C@]2(C)O[C@H](COC(=O)CC3CCC(N)CC3)[C@@H](O)[C@H]2O)CC=C2C(N)=NC=NN21. The van der Waals surface area contributed by atoms with E-state index < -0.39 is 29.5 Å². The smallest absolute Gasteiger partial charge is 0.306 e. The number of esters is 1. The van der Waals surface area contributed by atoms with Crippen LogP contribution in [0.15, 0.2) is 21.9 Å². The lowest BCUT2D eigenvalue weighted by molar-refractivity contribution is -0.166. The second-order valence-electron chi connectivity index (χ2n) is 9.49. The van der Waals surface area contributed by atoms with Crippen LogP contribution in [0.5, 0.6) is 0 Å². The van der Waals surface area contributed by atoms with Crippen LogP contribution in [0.25, 0.3) is 0 Å². The predicted molar refractivity (Wildman–Crippen MR) is 114 cm³/mol. The average Bonchev–Trinajstić information content (AvgIpc) is 3.21. The van der Waals surface area contributed by atoms with E-state index in [0.29, 0.717) is 24.4 Å². The number of carbonyl (C=O) groups excluding carboxylic acids is 1. The van der Waals surface area contributed by atoms with Crippen LogP contribution in [0.4, 0.5) is 0 Å². The van der Waals surface area contributed by atoms with Crippen LogP contribution in [0.3, 0.4) is 0 Å². The number of hydrogen-bond acceptors (Lipinski definition) is 10. The summed E-state index contributed by atoms with van der Waals surface area (Å²) in [6, 6.07) is 0.228. The molecular weight excluding hydrogens is 402 g/mol. The Balaban J connectivity index is 1.38. The highest BCUT2D eigenvalue weighted by Crippen LogP contribution is 2.49. The number of rotatable bonds is 5. The van der Waals surface area contributed by atoms with Gasteiger partial charge < -0.3 is 31.2 Å². The number of hydrogen-bond donors (Lipinski definition) is 4. The van der Waals surface area contributed by atoms with E-state index in [0.717, 1.165) is 25.7 Å². The standard InChI is InChI=1S/C21H33N5O5/c1-20(8-7-14-19(23)24-11-25-26(14)20)21(2)18(29)17(28)15(31-21)10-30-16(27)9-12-3-5-13(22)6-4-12/h7,11-13,15,17-18,28-29H,3-6,8-10,22H2,1-2H3,(H2,23,24,25)/t12?,13?,15-,17-,18-,20?,21-/m1/s1. The number of aliphatic hydroxyl groups excluding tert-OH is 2. The summed E-state index contributed by atoms with van der Waals surface area (Å²) in [7, 11) is 0. The molecule has 31 heavy (non-hydrogen) atoms. The minimum atomic E-state index is -1.20. The van der Waals surface area contributed by atoms with E-state index in [9.17, 15) is 15.0 Å². The quantitative estimate of drug-likeness (QED) is 0.439. The summed E-state index contributed by atoms with van der Waals surface area (Å²) >= 11 is 0. The molecule has 10 nitrogen and oxygen atoms in total. The Bertz CT molecular complexity index is 808. The van der Waals surface area contributed by atoms with Gasteiger partial charge in [0.15, 0.2) is 5.84 Å². The van der Waals surface area contributed by atoms with E-state index in [2.05, 4.69) is 10.1 Å². The number of hydrazone groups is 1. The van der Waals surface area contributed by atoms with Gasteiger partial charge in [0.25, 0.3) is 0 Å². The van der Waals surface area contributed by atoms with Crippen molar-refractivity contribution in [2.24, 2.45) is 27.5 Å². The molecule has 1 saturated heterocycles. The van der Waals surface area contributed by atoms with Crippen molar-refractivity contribution in [1.29, 1.82) is 0 Å². The molecule has 0 aromatic rings. The van der Waals surface area contributed by atoms with Crippen molar-refractivity contribution in [2.75, 3.05) is 6.61 Å². The Morgan fingerprint density at radius 3 is 2.74 bits per heavy atom. The molecule has 0 amide bonds. The first-order chi connectivity index (χ1) is 14.7. The topological polar surface area (TPSA) is 156 Å². The van der Waals surface area contributed by atoms with Crippen LogP contribution in [-0.2, 0) is 14.3 Å². The van der Waals surface area contributed by atoms with Crippen molar-refractivity contribution in [2.45, 2.75) is 87.9 Å². The van der Waals surface area contributed by atoms with Gasteiger partial charge in [-0.25, -0.2) is 4.99 Å². The molecule has 6 N–H and O–H groups in total. The molecule has 1 unspecified atom stereocenters. The van der Waals surface area contributed by atoms with Crippen LogP contribution >= 0.6 is 0 Å². The van der Waals surface area contributed by atoms with Crippen LogP contribution < -0.4 is 11.5 Å². The monoisotopic (exact) mass is 435 g/mol. The third kappa shape index (κ3) is 3.75. The van der Waals surface area contributed by atoms with E-state index in [4.69, 9.17) is 20.9 Å². The molecule has 1 saturated carbocycles. The molecule has 0 spiro atoms. The number of fused-ring (bicyclic) bond motifs is 1. The molecule has 0 radical (unpaired) electrons. The third-order valence-electron chi connectivity index (χ3n) is 7.50. The number of aliphatic hydroxyl groups is 2. The maximum Gasteiger partial charge on any atom is 0.306 e. The number of nitrogens with two attached hydrogens (primary N) is 2. The summed E-state index contributed by atoms with van der Waals surface area (Å²) in [5.41, 5.74) is 10.6. The van der Waals surface area contributed by atoms with Crippen LogP contribution in [0.1, 0.15) is 52.4 Å². The van der Waals surface area contributed by atoms with Crippen molar-refractivity contribution in [3.63, 3.8) is 0 Å². The van der Waals surface area contributed by atoms with Crippen LogP contribution in [0.2, 0.25) is 0 Å². The molecule has 1 aliphatic carbocycles. The summed E-state index contributed by atoms with van der Waals surface area (Å²) in [5.74, 6) is 0.299. The van der Waals surface area contributed by atoms with Gasteiger partial charge in [-0.3, -0.25) is 9.80 Å². The lowest BCUT2D eigenvalue weighted by atomic mass is 9.76. The zero-order valence-corrected chi connectivity index (χ0v) is 18.1. The van der Waals surface area contributed by atoms with Crippen LogP contribution in [-0.4, -0.2) is 75.5 Å². The van der Waals surface area contributed by atoms with Gasteiger partial charge in [0, 0.05) is 12.5 Å². The lowest BCUT2D eigenvalue weighted by Crippen LogP contribution is -2.63. The minimum absolute atomic E-state index is 0.123. The fourth-order valence-electron chi connectivity index (χ4n) is 5.18. The summed E-state index contributed by atoms with van der Waals surface area (Å²) in [6.45, 7) is 3.51. The van der Waals surface area contributed by atoms with Gasteiger partial charge in [-0.2, -0.15) is 5.10 Å². The summed E-state index contributed by atoms with van der Waals surface area (Å²) < 4.78 is 11.6. The van der Waals surface area contributed by atoms with Crippen molar-refractivity contribution in [3.8, 4) is 0 Å². The molecular formula is C21H33N5O5. The Hall–Kier alpha value is -2.01. The highest BCUT2D eigenvalue weighted by atomic mass is 16.6. The molecule has 4 aliphatic rings. The molecule has 4 rings (SSSR count). The Morgan fingerprint density at radius 2 is 2.03 bits per heavy atom. The van der Waals surface area contributed by atoms with Gasteiger partial charge in [-0.1, -0.05) is 6.08 Å². The largest absolute Gasteiger partial charge is 0.463 e. The molecule has 172 valence electrons. The van der Waals surface area contributed by atoms with E-state index in [1.54, 1.807) is 11.9 Å². The number of ether oxygens (including phenoxy) is 2. The minimum Gasteiger partial charge on any atom is -0.463 e. The average molecular weight is 436 g/mol. The van der Waals surface area contributed by atoms with Gasteiger partial charge >= 0.3 is 5.97 Å². The normalized spacial score (nSPS) is 42.2. The highest BCUT2D eigenvalue weighted by molar-refractivity contribution is 6.02. The Morgan fingerprint density at radius 1 is 1.32 bits per heavy atom. The second-order valence-corrected chi connectivity index (χ2v) is 9.49. The van der Waals surface area contributed by atoms with Gasteiger partial charge in [0.05, 0.1) is 11.2 Å². The van der Waals surface area contributed by atoms with Gasteiger partial charge in [-0.05, 0) is 51.9 Å². The summed E-state index contributed by atoms with van der Waals surface area (Å²) in [5, 5.41) is 27.6. The molecule has 2 fully saturated rings. The van der Waals surface area contributed by atoms with E-state index in [-0.39, 0.29) is 24.5 Å². The van der Waals surface area contributed by atoms with Crippen molar-refractivity contribution >= 4 is 18.1 Å². The predicted octanol–water partition coefficient (Wildman–Crippen LogP) is -0.0211. The van der Waals surface area contributed by atoms with Gasteiger partial charge in [0.2, 0.25) is 0 Å². The molecule has 0 bridgehead atoms. The fraction of sp³-hybridized carbons (Fsp3) is 0.762. The Labute approximate surface area is 182 Å². The third-order valence-corrected chi connectivity index (χ3v) is 7.50. The maximum atomic E-state index is 12.3. The molecule has 3 aliphatic heterocycles. The van der Waals surface area contributed by atoms with Gasteiger partial charge in [0.1, 0.15) is 36.9 Å². The van der Waals surface area contributed by atoms with E-state index in [1.165, 1.54) is 6.34 Å². The van der Waals surface area contributed by atoms with Crippen LogP contribution in [0, 0.1) is 5.92 Å². The fourth-order valence-corrected chi connectivity index (χ4v) is 5.18. The van der Waals surface area contributed by atoms with E-state index in [1.807, 2.05) is 13.0 Å². The molecule has 3 heterocycles. The number of aliphatic imine (C=N–C) groups is 1. The van der Waals surface area contributed by atoms with Crippen molar-refractivity contribution in [3.05, 3.63) is 11.8 Å². The first kappa shape index (κ1) is 22.2. The van der Waals surface area contributed by atoms with Crippen molar-refractivity contribution in [1.82, 2.24) is 5.01 Å².